The van der Waals surface area contributed by atoms with Crippen molar-refractivity contribution >= 4 is 17.5 Å². The molecule has 7 nitrogen and oxygen atoms in total. The van der Waals surface area contributed by atoms with E-state index in [1.165, 1.54) is 6.33 Å². The number of likely N-dealkylation sites (N-methyl/N-ethyl adjacent to an activating group) is 1. The summed E-state index contributed by atoms with van der Waals surface area (Å²) in [5.41, 5.74) is 3.40. The molecular weight excluding hydrogens is 244 g/mol. The van der Waals surface area contributed by atoms with Crippen molar-refractivity contribution in [2.45, 2.75) is 33.2 Å². The number of hydrazine groups is 1. The third-order valence-corrected chi connectivity index (χ3v) is 3.01. The lowest BCUT2D eigenvalue weighted by molar-refractivity contribution is -0.130. The highest BCUT2D eigenvalue weighted by Crippen LogP contribution is 2.20. The van der Waals surface area contributed by atoms with Crippen molar-refractivity contribution in [2.75, 3.05) is 24.3 Å². The van der Waals surface area contributed by atoms with Crippen molar-refractivity contribution in [3.63, 3.8) is 0 Å². The third-order valence-electron chi connectivity index (χ3n) is 3.01. The van der Waals surface area contributed by atoms with E-state index in [0.29, 0.717) is 24.6 Å². The minimum Gasteiger partial charge on any atom is -0.358 e. The van der Waals surface area contributed by atoms with Crippen LogP contribution in [0.25, 0.3) is 0 Å². The summed E-state index contributed by atoms with van der Waals surface area (Å²) in [5, 5.41) is 3.11. The van der Waals surface area contributed by atoms with Crippen LogP contribution >= 0.6 is 0 Å². The molecule has 19 heavy (non-hydrogen) atoms. The lowest BCUT2D eigenvalue weighted by atomic mass is 10.2. The van der Waals surface area contributed by atoms with Gasteiger partial charge in [-0.25, -0.2) is 15.8 Å². The molecule has 1 amide bonds. The molecule has 1 aromatic heterocycles. The second-order valence-corrected chi connectivity index (χ2v) is 4.27. The molecule has 1 aromatic rings. The van der Waals surface area contributed by atoms with Crippen molar-refractivity contribution < 1.29 is 4.79 Å². The Morgan fingerprint density at radius 3 is 2.58 bits per heavy atom. The van der Waals surface area contributed by atoms with Gasteiger partial charge < -0.3 is 15.6 Å². The summed E-state index contributed by atoms with van der Waals surface area (Å²) in [5.74, 6) is 6.64. The van der Waals surface area contributed by atoms with Crippen LogP contribution in [0.4, 0.5) is 11.6 Å². The molecule has 1 heterocycles. The van der Waals surface area contributed by atoms with Crippen LogP contribution < -0.4 is 16.6 Å². The van der Waals surface area contributed by atoms with Crippen LogP contribution in [-0.2, 0) is 11.2 Å². The first kappa shape index (κ1) is 15.2. The van der Waals surface area contributed by atoms with Gasteiger partial charge in [-0.05, 0) is 20.3 Å². The van der Waals surface area contributed by atoms with Gasteiger partial charge in [-0.15, -0.1) is 0 Å². The van der Waals surface area contributed by atoms with Gasteiger partial charge in [0.2, 0.25) is 5.91 Å². The van der Waals surface area contributed by atoms with Gasteiger partial charge in [-0.1, -0.05) is 6.92 Å². The number of anilines is 2. The van der Waals surface area contributed by atoms with Gasteiger partial charge in [0.25, 0.3) is 0 Å². The van der Waals surface area contributed by atoms with Crippen LogP contribution in [0.1, 0.15) is 26.3 Å². The van der Waals surface area contributed by atoms with Gasteiger partial charge in [0.1, 0.15) is 24.0 Å². The molecule has 0 saturated heterocycles. The van der Waals surface area contributed by atoms with E-state index in [0.717, 1.165) is 5.56 Å². The standard InChI is InChI=1S/C12H22N6O/c1-5-9-10(14-7-15-11(9)17-13)16-8(3)12(19)18(4)6-2/h7-8H,5-6,13H2,1-4H3,(H2,14,15,16,17). The zero-order chi connectivity index (χ0) is 14.4. The number of hydrogen-bond acceptors (Lipinski definition) is 6. The van der Waals surface area contributed by atoms with Crippen LogP contribution in [0.5, 0.6) is 0 Å². The highest BCUT2D eigenvalue weighted by molar-refractivity contribution is 5.84. The highest BCUT2D eigenvalue weighted by atomic mass is 16.2. The predicted molar refractivity (Wildman–Crippen MR) is 75.6 cm³/mol. The zero-order valence-electron chi connectivity index (χ0n) is 11.9. The Kier molecular flexibility index (Phi) is 5.50. The van der Waals surface area contributed by atoms with Crippen molar-refractivity contribution in [2.24, 2.45) is 5.84 Å². The molecule has 0 aliphatic heterocycles. The molecule has 4 N–H and O–H groups in total. The molecule has 0 aliphatic rings. The molecule has 7 heteroatoms. The number of rotatable bonds is 6. The van der Waals surface area contributed by atoms with Crippen molar-refractivity contribution in [3.8, 4) is 0 Å². The Hall–Kier alpha value is -1.89. The van der Waals surface area contributed by atoms with E-state index in [1.54, 1.807) is 11.9 Å². The second-order valence-electron chi connectivity index (χ2n) is 4.27. The molecular formula is C12H22N6O. The maximum absolute atomic E-state index is 12.0. The number of carbonyl (C=O) groups is 1. The maximum atomic E-state index is 12.0. The van der Waals surface area contributed by atoms with E-state index in [1.807, 2.05) is 20.8 Å². The summed E-state index contributed by atoms with van der Waals surface area (Å²) in [6, 6.07) is -0.351. The smallest absolute Gasteiger partial charge is 0.244 e. The van der Waals surface area contributed by atoms with Crippen LogP contribution in [-0.4, -0.2) is 40.4 Å². The largest absolute Gasteiger partial charge is 0.358 e. The Balaban J connectivity index is 2.90. The summed E-state index contributed by atoms with van der Waals surface area (Å²) in [6.07, 6.45) is 2.13. The Morgan fingerprint density at radius 2 is 2.05 bits per heavy atom. The first-order valence-corrected chi connectivity index (χ1v) is 6.37. The molecule has 0 fully saturated rings. The van der Waals surface area contributed by atoms with Crippen LogP contribution in [0, 0.1) is 0 Å². The first-order valence-electron chi connectivity index (χ1n) is 6.37. The monoisotopic (exact) mass is 266 g/mol. The Labute approximate surface area is 113 Å². The number of nitrogen functional groups attached to an aromatic ring is 1. The maximum Gasteiger partial charge on any atom is 0.244 e. The van der Waals surface area contributed by atoms with Gasteiger partial charge in [0, 0.05) is 19.2 Å². The Morgan fingerprint density at radius 1 is 1.42 bits per heavy atom. The van der Waals surface area contributed by atoms with Crippen molar-refractivity contribution in [3.05, 3.63) is 11.9 Å². The molecule has 106 valence electrons. The van der Waals surface area contributed by atoms with Crippen molar-refractivity contribution in [1.29, 1.82) is 0 Å². The van der Waals surface area contributed by atoms with Gasteiger partial charge in [-0.3, -0.25) is 4.79 Å². The molecule has 1 atom stereocenters. The van der Waals surface area contributed by atoms with E-state index < -0.39 is 0 Å². The normalized spacial score (nSPS) is 11.8. The topological polar surface area (TPSA) is 96.2 Å². The fourth-order valence-electron chi connectivity index (χ4n) is 1.75. The highest BCUT2D eigenvalue weighted by Gasteiger charge is 2.18. The van der Waals surface area contributed by atoms with Gasteiger partial charge in [0.15, 0.2) is 0 Å². The first-order chi connectivity index (χ1) is 9.04. The number of nitrogens with two attached hydrogens (primary N) is 1. The fraction of sp³-hybridized carbons (Fsp3) is 0.583. The van der Waals surface area contributed by atoms with E-state index in [9.17, 15) is 4.79 Å². The van der Waals surface area contributed by atoms with Gasteiger partial charge >= 0.3 is 0 Å². The van der Waals surface area contributed by atoms with Gasteiger partial charge in [-0.2, -0.15) is 0 Å². The number of carbonyl (C=O) groups excluding carboxylic acids is 1. The fourth-order valence-corrected chi connectivity index (χ4v) is 1.75. The number of nitrogens with zero attached hydrogens (tertiary/aromatic N) is 3. The van der Waals surface area contributed by atoms with Gasteiger partial charge in [0.05, 0.1) is 0 Å². The summed E-state index contributed by atoms with van der Waals surface area (Å²) in [4.78, 5) is 21.9. The third kappa shape index (κ3) is 3.54. The SMILES string of the molecule is CCc1c(NN)ncnc1NC(C)C(=O)N(C)CC. The molecule has 0 spiro atoms. The molecule has 0 aliphatic carbocycles. The molecule has 0 bridgehead atoms. The minimum absolute atomic E-state index is 0.0189. The quantitative estimate of drug-likeness (QED) is 0.515. The number of nitrogens with one attached hydrogen (secondary N) is 2. The average Bonchev–Trinajstić information content (AvgIpc) is 2.44. The van der Waals surface area contributed by atoms with Crippen molar-refractivity contribution in [1.82, 2.24) is 14.9 Å². The van der Waals surface area contributed by atoms with Crippen LogP contribution in [0.3, 0.4) is 0 Å². The number of aromatic nitrogens is 2. The Bertz CT molecular complexity index is 436. The van der Waals surface area contributed by atoms with Crippen LogP contribution in [0.2, 0.25) is 0 Å². The molecule has 0 aromatic carbocycles. The minimum atomic E-state index is -0.351. The molecule has 1 rings (SSSR count). The summed E-state index contributed by atoms with van der Waals surface area (Å²) in [7, 11) is 1.77. The summed E-state index contributed by atoms with van der Waals surface area (Å²) >= 11 is 0. The van der Waals surface area contributed by atoms with Crippen LogP contribution in [0.15, 0.2) is 6.33 Å². The average molecular weight is 266 g/mol. The van der Waals surface area contributed by atoms with E-state index in [-0.39, 0.29) is 11.9 Å². The summed E-state index contributed by atoms with van der Waals surface area (Å²) in [6.45, 7) is 6.40. The second kappa shape index (κ2) is 6.89. The zero-order valence-corrected chi connectivity index (χ0v) is 11.9. The lowest BCUT2D eigenvalue weighted by Gasteiger charge is -2.22. The van der Waals surface area contributed by atoms with E-state index >= 15 is 0 Å². The summed E-state index contributed by atoms with van der Waals surface area (Å²) < 4.78 is 0. The molecule has 0 radical (unpaired) electrons. The predicted octanol–water partition coefficient (Wildman–Crippen LogP) is 0.603. The molecule has 0 saturated carbocycles. The number of amides is 1. The van der Waals surface area contributed by atoms with E-state index in [4.69, 9.17) is 5.84 Å². The van der Waals surface area contributed by atoms with E-state index in [2.05, 4.69) is 20.7 Å². The lowest BCUT2D eigenvalue weighted by Crippen LogP contribution is -2.39. The molecule has 1 unspecified atom stereocenters. The number of hydrogen-bond donors (Lipinski definition) is 3.